The van der Waals surface area contributed by atoms with Crippen LogP contribution in [-0.2, 0) is 6.42 Å². The number of nitrogens with one attached hydrogen (secondary N) is 2. The number of rotatable bonds is 5. The fourth-order valence-electron chi connectivity index (χ4n) is 2.07. The summed E-state index contributed by atoms with van der Waals surface area (Å²) in [5.41, 5.74) is 3.52. The first kappa shape index (κ1) is 16.3. The lowest BCUT2D eigenvalue weighted by Crippen LogP contribution is -2.33. The highest BCUT2D eigenvalue weighted by Crippen LogP contribution is 2.16. The Labute approximate surface area is 139 Å². The summed E-state index contributed by atoms with van der Waals surface area (Å²) in [6, 6.07) is 15.8. The molecule has 0 saturated heterocycles. The van der Waals surface area contributed by atoms with Gasteiger partial charge in [0.05, 0.1) is 0 Å². The van der Waals surface area contributed by atoms with Crippen molar-refractivity contribution < 1.29 is 4.79 Å². The molecule has 0 saturated carbocycles. The molecule has 0 aliphatic heterocycles. The van der Waals surface area contributed by atoms with Crippen molar-refractivity contribution in [3.63, 3.8) is 0 Å². The van der Waals surface area contributed by atoms with E-state index in [-0.39, 0.29) is 6.03 Å². The van der Waals surface area contributed by atoms with E-state index in [4.69, 9.17) is 0 Å². The van der Waals surface area contributed by atoms with Crippen LogP contribution in [0.2, 0.25) is 0 Å². The van der Waals surface area contributed by atoms with Crippen LogP contribution < -0.4 is 10.6 Å². The summed E-state index contributed by atoms with van der Waals surface area (Å²) in [6.07, 6.45) is 4.32. The molecule has 0 fully saturated rings. The van der Waals surface area contributed by atoms with Gasteiger partial charge in [0.1, 0.15) is 0 Å². The Bertz CT molecular complexity index is 668. The van der Waals surface area contributed by atoms with Crippen molar-refractivity contribution in [3.8, 4) is 0 Å². The topological polar surface area (TPSA) is 41.1 Å². The maximum Gasteiger partial charge on any atom is 0.318 e. The summed E-state index contributed by atoms with van der Waals surface area (Å²) in [7, 11) is 0. The van der Waals surface area contributed by atoms with Gasteiger partial charge in [-0.2, -0.15) is 0 Å². The minimum atomic E-state index is -0.197. The highest BCUT2D eigenvalue weighted by atomic mass is 79.9. The number of carbonyl (C=O) groups is 1. The lowest BCUT2D eigenvalue weighted by molar-refractivity contribution is 0.244. The van der Waals surface area contributed by atoms with E-state index in [0.717, 1.165) is 16.5 Å². The van der Waals surface area contributed by atoms with Gasteiger partial charge in [-0.3, -0.25) is 0 Å². The second-order valence-corrected chi connectivity index (χ2v) is 5.79. The molecule has 3 nitrogen and oxygen atoms in total. The zero-order valence-corrected chi connectivity index (χ0v) is 14.1. The van der Waals surface area contributed by atoms with Crippen LogP contribution in [0, 0.1) is 6.92 Å². The van der Waals surface area contributed by atoms with Crippen LogP contribution in [0.15, 0.2) is 59.2 Å². The standard InChI is InChI=1S/C18H19BrN2O/c1-14-6-2-3-7-15(14)10-12-20-18(22)21-13-11-16-8-4-5-9-17(16)19/h2-9,11,13H,10,12H2,1H3,(H2,20,21,22)/b13-11+. The van der Waals surface area contributed by atoms with Crippen LogP contribution in [0.25, 0.3) is 6.08 Å². The van der Waals surface area contributed by atoms with E-state index in [0.29, 0.717) is 6.54 Å². The van der Waals surface area contributed by atoms with Gasteiger partial charge in [0.25, 0.3) is 0 Å². The van der Waals surface area contributed by atoms with Crippen LogP contribution in [0.3, 0.4) is 0 Å². The molecule has 0 spiro atoms. The smallest absolute Gasteiger partial charge is 0.318 e. The summed E-state index contributed by atoms with van der Waals surface area (Å²) in [4.78, 5) is 11.7. The zero-order chi connectivity index (χ0) is 15.8. The van der Waals surface area contributed by atoms with Crippen molar-refractivity contribution in [1.29, 1.82) is 0 Å². The van der Waals surface area contributed by atoms with Gasteiger partial charge in [0.15, 0.2) is 0 Å². The number of carbonyl (C=O) groups excluding carboxylic acids is 1. The summed E-state index contributed by atoms with van der Waals surface area (Å²) < 4.78 is 0.994. The summed E-state index contributed by atoms with van der Waals surface area (Å²) in [6.45, 7) is 2.69. The van der Waals surface area contributed by atoms with E-state index < -0.39 is 0 Å². The second-order valence-electron chi connectivity index (χ2n) is 4.93. The van der Waals surface area contributed by atoms with E-state index in [2.05, 4.69) is 45.6 Å². The lowest BCUT2D eigenvalue weighted by atomic mass is 10.1. The van der Waals surface area contributed by atoms with Crippen molar-refractivity contribution in [2.75, 3.05) is 6.54 Å². The molecule has 0 atom stereocenters. The number of amides is 2. The minimum absolute atomic E-state index is 0.197. The predicted molar refractivity (Wildman–Crippen MR) is 94.6 cm³/mol. The van der Waals surface area contributed by atoms with Gasteiger partial charge in [0.2, 0.25) is 0 Å². The summed E-state index contributed by atoms with van der Waals surface area (Å²) in [5, 5.41) is 5.55. The van der Waals surface area contributed by atoms with Crippen LogP contribution in [0.5, 0.6) is 0 Å². The Morgan fingerprint density at radius 2 is 1.86 bits per heavy atom. The summed E-state index contributed by atoms with van der Waals surface area (Å²) >= 11 is 3.46. The fraction of sp³-hybridized carbons (Fsp3) is 0.167. The zero-order valence-electron chi connectivity index (χ0n) is 12.5. The first-order valence-corrected chi connectivity index (χ1v) is 7.96. The SMILES string of the molecule is Cc1ccccc1CCNC(=O)N/C=C/c1ccccc1Br. The van der Waals surface area contributed by atoms with Gasteiger partial charge in [-0.15, -0.1) is 0 Å². The highest BCUT2D eigenvalue weighted by molar-refractivity contribution is 9.10. The predicted octanol–water partition coefficient (Wildman–Crippen LogP) is 4.27. The van der Waals surface area contributed by atoms with Crippen molar-refractivity contribution in [2.24, 2.45) is 0 Å². The molecule has 0 unspecified atom stereocenters. The molecular weight excluding hydrogens is 340 g/mol. The quantitative estimate of drug-likeness (QED) is 0.823. The Morgan fingerprint density at radius 3 is 2.64 bits per heavy atom. The molecule has 2 amide bonds. The highest BCUT2D eigenvalue weighted by Gasteiger charge is 2.00. The monoisotopic (exact) mass is 358 g/mol. The molecule has 2 rings (SSSR count). The van der Waals surface area contributed by atoms with E-state index in [9.17, 15) is 4.79 Å². The Balaban J connectivity index is 1.75. The third-order valence-corrected chi connectivity index (χ3v) is 4.05. The molecule has 0 aliphatic carbocycles. The molecule has 2 aromatic rings. The van der Waals surface area contributed by atoms with Crippen molar-refractivity contribution in [1.82, 2.24) is 10.6 Å². The number of urea groups is 1. The molecule has 0 aromatic heterocycles. The van der Waals surface area contributed by atoms with Crippen LogP contribution >= 0.6 is 15.9 Å². The normalized spacial score (nSPS) is 10.6. The number of aryl methyl sites for hydroxylation is 1. The van der Waals surface area contributed by atoms with Gasteiger partial charge in [-0.05, 0) is 42.2 Å². The van der Waals surface area contributed by atoms with Crippen LogP contribution in [-0.4, -0.2) is 12.6 Å². The molecule has 114 valence electrons. The Morgan fingerprint density at radius 1 is 1.14 bits per heavy atom. The third-order valence-electron chi connectivity index (χ3n) is 3.32. The Kier molecular flexibility index (Phi) is 6.22. The number of hydrogen-bond donors (Lipinski definition) is 2. The maximum atomic E-state index is 11.7. The third kappa shape index (κ3) is 5.04. The van der Waals surface area contributed by atoms with Crippen molar-refractivity contribution in [2.45, 2.75) is 13.3 Å². The molecule has 2 aromatic carbocycles. The van der Waals surface area contributed by atoms with Gasteiger partial charge in [0, 0.05) is 17.2 Å². The molecule has 4 heteroatoms. The van der Waals surface area contributed by atoms with Crippen molar-refractivity contribution in [3.05, 3.63) is 75.9 Å². The average Bonchev–Trinajstić information content (AvgIpc) is 2.51. The number of halogens is 1. The maximum absolute atomic E-state index is 11.7. The van der Waals surface area contributed by atoms with Gasteiger partial charge >= 0.3 is 6.03 Å². The van der Waals surface area contributed by atoms with Crippen LogP contribution in [0.1, 0.15) is 16.7 Å². The lowest BCUT2D eigenvalue weighted by Gasteiger charge is -2.07. The fourth-order valence-corrected chi connectivity index (χ4v) is 2.49. The summed E-state index contributed by atoms with van der Waals surface area (Å²) in [5.74, 6) is 0. The first-order chi connectivity index (χ1) is 10.7. The minimum Gasteiger partial charge on any atom is -0.338 e. The van der Waals surface area contributed by atoms with Gasteiger partial charge < -0.3 is 10.6 Å². The number of hydrogen-bond acceptors (Lipinski definition) is 1. The largest absolute Gasteiger partial charge is 0.338 e. The van der Waals surface area contributed by atoms with Gasteiger partial charge in [-0.1, -0.05) is 58.4 Å². The van der Waals surface area contributed by atoms with E-state index in [1.54, 1.807) is 6.20 Å². The number of benzene rings is 2. The Hall–Kier alpha value is -2.07. The molecule has 0 bridgehead atoms. The van der Waals surface area contributed by atoms with Gasteiger partial charge in [-0.25, -0.2) is 4.79 Å². The molecule has 2 N–H and O–H groups in total. The molecule has 0 heterocycles. The molecule has 0 aliphatic rings. The van der Waals surface area contributed by atoms with Crippen molar-refractivity contribution >= 4 is 28.0 Å². The molecule has 22 heavy (non-hydrogen) atoms. The molecule has 0 radical (unpaired) electrons. The second kappa shape index (κ2) is 8.39. The van der Waals surface area contributed by atoms with E-state index in [1.165, 1.54) is 11.1 Å². The van der Waals surface area contributed by atoms with E-state index >= 15 is 0 Å². The van der Waals surface area contributed by atoms with Crippen LogP contribution in [0.4, 0.5) is 4.79 Å². The average molecular weight is 359 g/mol. The molecular formula is C18H19BrN2O. The first-order valence-electron chi connectivity index (χ1n) is 7.17. The van der Waals surface area contributed by atoms with E-state index in [1.807, 2.05) is 42.5 Å².